The van der Waals surface area contributed by atoms with E-state index in [1.165, 1.54) is 0 Å². The molecule has 16 heteroatoms. The van der Waals surface area contributed by atoms with Crippen LogP contribution in [0.3, 0.4) is 0 Å². The fraction of sp³-hybridized carbons (Fsp3) is 0.279. The normalized spacial score (nSPS) is 14.3. The quantitative estimate of drug-likeness (QED) is 0.0323. The van der Waals surface area contributed by atoms with E-state index < -0.39 is 17.5 Å². The summed E-state index contributed by atoms with van der Waals surface area (Å²) in [5.74, 6) is -0.145. The summed E-state index contributed by atoms with van der Waals surface area (Å²) in [5, 5.41) is 12.1. The van der Waals surface area contributed by atoms with Gasteiger partial charge in [-0.15, -0.1) is 0 Å². The van der Waals surface area contributed by atoms with Crippen molar-refractivity contribution in [2.75, 3.05) is 6.61 Å². The number of aryl methyl sites for hydroxylation is 1. The molecule has 0 radical (unpaired) electrons. The Hall–Kier alpha value is -9.09. The molecule has 11 rings (SSSR count). The molecule has 0 saturated heterocycles. The number of hydrogen-bond acceptors (Lipinski definition) is 15. The second-order valence-corrected chi connectivity index (χ2v) is 21.6. The minimum absolute atomic E-state index is 0.0519. The molecule has 0 bridgehead atoms. The molecule has 0 unspecified atom stereocenters. The lowest BCUT2D eigenvalue weighted by Crippen LogP contribution is -2.44. The number of carbonyl (C=O) groups excluding carboxylic acids is 3. The standard InChI is InChI=1S/C68H66N8O8/c1-3-57-58-36-55(24-25-62(58)73-64-59(57)44-76-63(64)37-61-60(65(76)78)45-83-67(80)68(61,81)4-2)84-66(79)49-18-16-17-46(32-49)33-54(77)23-6-5-15-30-82-56-34-47(38-74(40-50-19-7-11-26-69-50)41-51-20-8-12-27-70-51)31-48(35-56)39-75(42-52-21-9-13-28-71-52)43-53-22-10-14-29-72-53/h7-14,16-22,24-29,31-32,34-37,81H,3-6,15,23,30,33,38-45H2,1-2H3/t68-/m1/s1. The maximum absolute atomic E-state index is 13.8. The zero-order chi connectivity index (χ0) is 58.0. The summed E-state index contributed by atoms with van der Waals surface area (Å²) in [4.78, 5) is 81.9. The molecule has 0 amide bonds. The Labute approximate surface area is 487 Å². The van der Waals surface area contributed by atoms with Crippen LogP contribution in [0, 0.1) is 0 Å². The zero-order valence-corrected chi connectivity index (χ0v) is 47.3. The monoisotopic (exact) mass is 1120 g/mol. The Morgan fingerprint density at radius 1 is 0.643 bits per heavy atom. The highest BCUT2D eigenvalue weighted by Gasteiger charge is 2.45. The maximum Gasteiger partial charge on any atom is 0.343 e. The molecule has 2 aliphatic rings. The topological polar surface area (TPSA) is 192 Å². The van der Waals surface area contributed by atoms with Gasteiger partial charge in [-0.25, -0.2) is 14.6 Å². The summed E-state index contributed by atoms with van der Waals surface area (Å²) in [6, 6.07) is 44.4. The number of cyclic esters (lactones) is 1. The van der Waals surface area contributed by atoms with Gasteiger partial charge in [-0.1, -0.05) is 56.3 Å². The summed E-state index contributed by atoms with van der Waals surface area (Å²) in [5.41, 5.74) is 8.97. The van der Waals surface area contributed by atoms with E-state index in [-0.39, 0.29) is 48.5 Å². The van der Waals surface area contributed by atoms with E-state index in [2.05, 4.69) is 47.9 Å². The van der Waals surface area contributed by atoms with Crippen molar-refractivity contribution in [2.24, 2.45) is 0 Å². The zero-order valence-electron chi connectivity index (χ0n) is 47.3. The Kier molecular flexibility index (Phi) is 17.6. The number of ether oxygens (including phenoxy) is 3. The average Bonchev–Trinajstić information content (AvgIpc) is 1.77. The van der Waals surface area contributed by atoms with E-state index >= 15 is 0 Å². The molecule has 0 fully saturated rings. The van der Waals surface area contributed by atoms with Crippen LogP contribution in [0.1, 0.15) is 118 Å². The summed E-state index contributed by atoms with van der Waals surface area (Å²) in [7, 11) is 0. The van der Waals surface area contributed by atoms with Crippen LogP contribution < -0.4 is 15.0 Å². The summed E-state index contributed by atoms with van der Waals surface area (Å²) in [6.07, 6.45) is 10.8. The Morgan fingerprint density at radius 3 is 1.83 bits per heavy atom. The van der Waals surface area contributed by atoms with Crippen molar-refractivity contribution in [3.8, 4) is 22.9 Å². The minimum Gasteiger partial charge on any atom is -0.494 e. The number of benzene rings is 3. The van der Waals surface area contributed by atoms with Gasteiger partial charge >= 0.3 is 11.9 Å². The number of esters is 2. The lowest BCUT2D eigenvalue weighted by molar-refractivity contribution is -0.172. The molecule has 84 heavy (non-hydrogen) atoms. The summed E-state index contributed by atoms with van der Waals surface area (Å²) >= 11 is 0. The minimum atomic E-state index is -1.92. The number of ketones is 1. The van der Waals surface area contributed by atoms with Crippen LogP contribution in [-0.4, -0.2) is 68.7 Å². The number of fused-ring (bicyclic) bond motifs is 5. The molecule has 0 aliphatic carbocycles. The number of pyridine rings is 6. The van der Waals surface area contributed by atoms with Crippen LogP contribution in [0.2, 0.25) is 0 Å². The Balaban J connectivity index is 0.717. The second kappa shape index (κ2) is 26.0. The molecule has 1 N–H and O–H groups in total. The highest BCUT2D eigenvalue weighted by Crippen LogP contribution is 2.41. The van der Waals surface area contributed by atoms with E-state index in [0.717, 1.165) is 74.6 Å². The van der Waals surface area contributed by atoms with Crippen molar-refractivity contribution in [1.29, 1.82) is 0 Å². The molecule has 2 aliphatic heterocycles. The van der Waals surface area contributed by atoms with Gasteiger partial charge in [0.15, 0.2) is 5.60 Å². The fourth-order valence-electron chi connectivity index (χ4n) is 11.4. The Bertz CT molecular complexity index is 3690. The van der Waals surface area contributed by atoms with Crippen LogP contribution in [0.25, 0.3) is 22.3 Å². The van der Waals surface area contributed by atoms with Crippen molar-refractivity contribution < 1.29 is 33.7 Å². The van der Waals surface area contributed by atoms with Crippen LogP contribution in [-0.2, 0) is 85.2 Å². The third-order valence-electron chi connectivity index (χ3n) is 15.6. The maximum atomic E-state index is 13.8. The van der Waals surface area contributed by atoms with Crippen LogP contribution in [0.4, 0.5) is 0 Å². The lowest BCUT2D eigenvalue weighted by atomic mass is 9.86. The van der Waals surface area contributed by atoms with Crippen LogP contribution >= 0.6 is 0 Å². The van der Waals surface area contributed by atoms with Crippen molar-refractivity contribution in [1.82, 2.24) is 39.3 Å². The number of nitrogens with zero attached hydrogens (tertiary/aromatic N) is 8. The van der Waals surface area contributed by atoms with E-state index in [4.69, 9.17) is 19.2 Å². The van der Waals surface area contributed by atoms with E-state index in [0.29, 0.717) is 93.4 Å². The largest absolute Gasteiger partial charge is 0.494 e. The van der Waals surface area contributed by atoms with Gasteiger partial charge in [0.05, 0.1) is 64.0 Å². The summed E-state index contributed by atoms with van der Waals surface area (Å²) < 4.78 is 19.4. The predicted molar refractivity (Wildman–Crippen MR) is 317 cm³/mol. The van der Waals surface area contributed by atoms with Gasteiger partial charge < -0.3 is 23.9 Å². The highest BCUT2D eigenvalue weighted by atomic mass is 16.6. The molecular weight excluding hydrogens is 1060 g/mol. The average molecular weight is 1120 g/mol. The van der Waals surface area contributed by atoms with E-state index in [1.54, 1.807) is 54.0 Å². The van der Waals surface area contributed by atoms with Crippen molar-refractivity contribution in [3.05, 3.63) is 242 Å². The van der Waals surface area contributed by atoms with Gasteiger partial charge in [-0.3, -0.25) is 39.3 Å². The number of unbranched alkanes of at least 4 members (excludes halogenated alkanes) is 2. The smallest absolute Gasteiger partial charge is 0.343 e. The molecule has 1 atom stereocenters. The molecule has 0 saturated carbocycles. The molecule has 16 nitrogen and oxygen atoms in total. The van der Waals surface area contributed by atoms with E-state index in [9.17, 15) is 24.3 Å². The van der Waals surface area contributed by atoms with Gasteiger partial charge in [-0.2, -0.15) is 0 Å². The van der Waals surface area contributed by atoms with Crippen LogP contribution in [0.5, 0.6) is 11.5 Å². The van der Waals surface area contributed by atoms with Gasteiger partial charge in [0.1, 0.15) is 23.9 Å². The number of hydrogen-bond donors (Lipinski definition) is 1. The molecule has 426 valence electrons. The van der Waals surface area contributed by atoms with Crippen molar-refractivity contribution in [2.45, 2.75) is 117 Å². The highest BCUT2D eigenvalue weighted by molar-refractivity contribution is 5.94. The molecule has 9 aromatic rings. The fourth-order valence-corrected chi connectivity index (χ4v) is 11.4. The second-order valence-electron chi connectivity index (χ2n) is 21.6. The number of carbonyl (C=O) groups is 3. The molecule has 8 heterocycles. The van der Waals surface area contributed by atoms with Gasteiger partial charge in [-0.05, 0) is 151 Å². The van der Waals surface area contributed by atoms with Crippen molar-refractivity contribution >= 4 is 28.6 Å². The first kappa shape index (κ1) is 56.8. The number of aliphatic hydroxyl groups is 1. The number of Topliss-reactive ketones (excluding diaryl/α,β-unsaturated/α-hetero) is 1. The molecule has 3 aromatic carbocycles. The lowest BCUT2D eigenvalue weighted by Gasteiger charge is -2.31. The Morgan fingerprint density at radius 2 is 1.26 bits per heavy atom. The molecular formula is C68H66N8O8. The third-order valence-corrected chi connectivity index (χ3v) is 15.6. The first-order chi connectivity index (χ1) is 41.0. The van der Waals surface area contributed by atoms with Gasteiger partial charge in [0, 0.05) is 93.4 Å². The predicted octanol–water partition coefficient (Wildman–Crippen LogP) is 10.6. The van der Waals surface area contributed by atoms with Gasteiger partial charge in [0.25, 0.3) is 5.56 Å². The van der Waals surface area contributed by atoms with E-state index in [1.807, 2.05) is 111 Å². The number of rotatable bonds is 25. The van der Waals surface area contributed by atoms with Gasteiger partial charge in [0.2, 0.25) is 0 Å². The number of aromatic nitrogens is 6. The first-order valence-electron chi connectivity index (χ1n) is 28.8. The SMILES string of the molecule is CCc1c2c(nc3ccc(OC(=O)c4cccc(CC(=O)CCCCCOc5cc(CN(Cc6ccccn6)Cc6ccccn6)cc(CN(Cc6ccccn6)Cc6ccccn6)c5)c4)cc13)-c1cc3c(c(=O)n1C2)COC(=O)[C@@]3(O)CC. The third kappa shape index (κ3) is 13.2. The van der Waals surface area contributed by atoms with Crippen LogP contribution in [0.15, 0.2) is 169 Å². The summed E-state index contributed by atoms with van der Waals surface area (Å²) in [6.45, 7) is 8.03. The molecule has 6 aromatic heterocycles. The molecule has 0 spiro atoms. The first-order valence-corrected chi connectivity index (χ1v) is 28.8. The van der Waals surface area contributed by atoms with Crippen molar-refractivity contribution in [3.63, 3.8) is 0 Å².